The highest BCUT2D eigenvalue weighted by Crippen LogP contribution is 2.38. The standard InChI is InChI=1S/C16H23NO/c1-15(2,3)11-8-7-10-9-12(16(4,5)6)17-14(18)13(10)11/h8-9H,7H2,1-6H3,(H,17,18). The number of fused-ring (bicyclic) bond motifs is 1. The molecule has 0 aliphatic heterocycles. The van der Waals surface area contributed by atoms with E-state index in [9.17, 15) is 4.79 Å². The molecule has 0 saturated heterocycles. The van der Waals surface area contributed by atoms with E-state index in [1.165, 1.54) is 11.1 Å². The highest BCUT2D eigenvalue weighted by Gasteiger charge is 2.28. The Kier molecular flexibility index (Phi) is 2.80. The van der Waals surface area contributed by atoms with Crippen LogP contribution in [0.5, 0.6) is 0 Å². The van der Waals surface area contributed by atoms with Gasteiger partial charge in [-0.2, -0.15) is 0 Å². The Labute approximate surface area is 109 Å². The van der Waals surface area contributed by atoms with Gasteiger partial charge in [0.15, 0.2) is 0 Å². The second-order valence-corrected chi connectivity index (χ2v) is 7.23. The van der Waals surface area contributed by atoms with Crippen molar-refractivity contribution in [2.24, 2.45) is 5.41 Å². The summed E-state index contributed by atoms with van der Waals surface area (Å²) in [6, 6.07) is 2.16. The molecule has 1 N–H and O–H groups in total. The summed E-state index contributed by atoms with van der Waals surface area (Å²) in [5.74, 6) is 0. The average molecular weight is 245 g/mol. The highest BCUT2D eigenvalue weighted by atomic mass is 16.1. The minimum Gasteiger partial charge on any atom is -0.325 e. The Morgan fingerprint density at radius 3 is 2.17 bits per heavy atom. The third-order valence-corrected chi connectivity index (χ3v) is 3.53. The molecule has 0 unspecified atom stereocenters. The molecule has 18 heavy (non-hydrogen) atoms. The molecule has 0 spiro atoms. The Balaban J connectivity index is 2.59. The van der Waals surface area contributed by atoms with E-state index in [4.69, 9.17) is 0 Å². The van der Waals surface area contributed by atoms with Crippen LogP contribution in [0.25, 0.3) is 5.57 Å². The molecule has 2 nitrogen and oxygen atoms in total. The number of H-pyrrole nitrogens is 1. The number of aromatic nitrogens is 1. The molecule has 2 rings (SSSR count). The van der Waals surface area contributed by atoms with Gasteiger partial charge in [-0.25, -0.2) is 0 Å². The molecule has 0 fully saturated rings. The van der Waals surface area contributed by atoms with Crippen molar-refractivity contribution >= 4 is 5.57 Å². The quantitative estimate of drug-likeness (QED) is 0.743. The zero-order valence-corrected chi connectivity index (χ0v) is 12.3. The topological polar surface area (TPSA) is 32.9 Å². The van der Waals surface area contributed by atoms with Crippen molar-refractivity contribution < 1.29 is 0 Å². The largest absolute Gasteiger partial charge is 0.325 e. The molecule has 1 aromatic rings. The molecule has 0 amide bonds. The molecule has 1 aromatic heterocycles. The van der Waals surface area contributed by atoms with E-state index in [-0.39, 0.29) is 16.4 Å². The number of allylic oxidation sites excluding steroid dienone is 2. The first-order chi connectivity index (χ1) is 8.10. The van der Waals surface area contributed by atoms with Crippen LogP contribution in [0.2, 0.25) is 0 Å². The summed E-state index contributed by atoms with van der Waals surface area (Å²) in [5.41, 5.74) is 4.36. The molecule has 1 heterocycles. The fourth-order valence-corrected chi connectivity index (χ4v) is 2.47. The van der Waals surface area contributed by atoms with Gasteiger partial charge in [0.25, 0.3) is 5.56 Å². The molecule has 2 heteroatoms. The van der Waals surface area contributed by atoms with Crippen LogP contribution in [0.1, 0.15) is 58.4 Å². The first-order valence-corrected chi connectivity index (χ1v) is 6.58. The maximum atomic E-state index is 12.3. The van der Waals surface area contributed by atoms with Crippen LogP contribution in [0.4, 0.5) is 0 Å². The van der Waals surface area contributed by atoms with Gasteiger partial charge in [-0.05, 0) is 29.0 Å². The second-order valence-electron chi connectivity index (χ2n) is 7.23. The van der Waals surface area contributed by atoms with Crippen LogP contribution in [0.15, 0.2) is 16.9 Å². The number of hydrogen-bond acceptors (Lipinski definition) is 1. The number of pyridine rings is 1. The van der Waals surface area contributed by atoms with E-state index in [0.717, 1.165) is 17.7 Å². The molecule has 1 aliphatic carbocycles. The fourth-order valence-electron chi connectivity index (χ4n) is 2.47. The SMILES string of the molecule is CC(C)(C)C1=CCc2cc(C(C)(C)C)[nH]c(=O)c21. The van der Waals surface area contributed by atoms with Gasteiger partial charge in [0.2, 0.25) is 0 Å². The average Bonchev–Trinajstić information content (AvgIpc) is 2.59. The minimum atomic E-state index is -0.0152. The van der Waals surface area contributed by atoms with Gasteiger partial charge in [-0.3, -0.25) is 4.79 Å². The minimum absolute atomic E-state index is 0.0152. The van der Waals surface area contributed by atoms with E-state index >= 15 is 0 Å². The van der Waals surface area contributed by atoms with Crippen LogP contribution >= 0.6 is 0 Å². The van der Waals surface area contributed by atoms with Gasteiger partial charge in [0, 0.05) is 16.7 Å². The number of rotatable bonds is 0. The first-order valence-electron chi connectivity index (χ1n) is 6.58. The third kappa shape index (κ3) is 2.16. The van der Waals surface area contributed by atoms with Crippen molar-refractivity contribution in [3.05, 3.63) is 39.3 Å². The van der Waals surface area contributed by atoms with Gasteiger partial charge >= 0.3 is 0 Å². The lowest BCUT2D eigenvalue weighted by Gasteiger charge is -2.23. The Bertz CT molecular complexity index is 562. The molecular formula is C16H23NO. The molecule has 98 valence electrons. The summed E-state index contributed by atoms with van der Waals surface area (Å²) in [6.07, 6.45) is 3.08. The van der Waals surface area contributed by atoms with Gasteiger partial charge in [0.05, 0.1) is 0 Å². The van der Waals surface area contributed by atoms with E-state index < -0.39 is 0 Å². The van der Waals surface area contributed by atoms with Crippen LogP contribution in [-0.2, 0) is 11.8 Å². The van der Waals surface area contributed by atoms with Crippen molar-refractivity contribution in [2.45, 2.75) is 53.4 Å². The normalized spacial score (nSPS) is 15.6. The van der Waals surface area contributed by atoms with Gasteiger partial charge in [-0.1, -0.05) is 47.6 Å². The van der Waals surface area contributed by atoms with Gasteiger partial charge in [-0.15, -0.1) is 0 Å². The number of nitrogens with one attached hydrogen (secondary N) is 1. The summed E-state index contributed by atoms with van der Waals surface area (Å²) < 4.78 is 0. The number of hydrogen-bond donors (Lipinski definition) is 1. The predicted molar refractivity (Wildman–Crippen MR) is 76.9 cm³/mol. The van der Waals surface area contributed by atoms with Crippen molar-refractivity contribution in [3.63, 3.8) is 0 Å². The summed E-state index contributed by atoms with van der Waals surface area (Å²) in [4.78, 5) is 15.4. The predicted octanol–water partition coefficient (Wildman–Crippen LogP) is 3.66. The lowest BCUT2D eigenvalue weighted by atomic mass is 9.83. The zero-order valence-electron chi connectivity index (χ0n) is 12.3. The maximum absolute atomic E-state index is 12.3. The van der Waals surface area contributed by atoms with Crippen LogP contribution in [0, 0.1) is 5.41 Å². The van der Waals surface area contributed by atoms with Crippen molar-refractivity contribution in [3.8, 4) is 0 Å². The van der Waals surface area contributed by atoms with Gasteiger partial charge in [0.1, 0.15) is 0 Å². The third-order valence-electron chi connectivity index (χ3n) is 3.53. The molecule has 1 aliphatic rings. The molecular weight excluding hydrogens is 222 g/mol. The zero-order chi connectivity index (χ0) is 13.7. The second kappa shape index (κ2) is 3.84. The Morgan fingerprint density at radius 1 is 1.06 bits per heavy atom. The van der Waals surface area contributed by atoms with Crippen molar-refractivity contribution in [1.82, 2.24) is 4.98 Å². The lowest BCUT2D eigenvalue weighted by Crippen LogP contribution is -2.24. The summed E-state index contributed by atoms with van der Waals surface area (Å²) >= 11 is 0. The Morgan fingerprint density at radius 2 is 1.67 bits per heavy atom. The summed E-state index contributed by atoms with van der Waals surface area (Å²) in [5, 5.41) is 0. The summed E-state index contributed by atoms with van der Waals surface area (Å²) in [6.45, 7) is 12.8. The van der Waals surface area contributed by atoms with Crippen molar-refractivity contribution in [2.75, 3.05) is 0 Å². The Hall–Kier alpha value is -1.31. The van der Waals surface area contributed by atoms with E-state index in [2.05, 4.69) is 58.7 Å². The highest BCUT2D eigenvalue weighted by molar-refractivity contribution is 5.75. The van der Waals surface area contributed by atoms with Crippen LogP contribution in [0.3, 0.4) is 0 Å². The first kappa shape index (κ1) is 13.1. The molecule has 0 radical (unpaired) electrons. The summed E-state index contributed by atoms with van der Waals surface area (Å²) in [7, 11) is 0. The van der Waals surface area contributed by atoms with Gasteiger partial charge < -0.3 is 4.98 Å². The smallest absolute Gasteiger partial charge is 0.256 e. The van der Waals surface area contributed by atoms with E-state index in [1.807, 2.05) is 0 Å². The molecule has 0 aromatic carbocycles. The fraction of sp³-hybridized carbons (Fsp3) is 0.562. The maximum Gasteiger partial charge on any atom is 0.256 e. The number of aromatic amines is 1. The van der Waals surface area contributed by atoms with Crippen LogP contribution in [-0.4, -0.2) is 4.98 Å². The molecule has 0 bridgehead atoms. The van der Waals surface area contributed by atoms with E-state index in [1.54, 1.807) is 0 Å². The van der Waals surface area contributed by atoms with Crippen LogP contribution < -0.4 is 5.56 Å². The van der Waals surface area contributed by atoms with Crippen molar-refractivity contribution in [1.29, 1.82) is 0 Å². The van der Waals surface area contributed by atoms with E-state index in [0.29, 0.717) is 0 Å². The molecule has 0 atom stereocenters. The lowest BCUT2D eigenvalue weighted by molar-refractivity contribution is 0.560. The molecule has 0 saturated carbocycles. The monoisotopic (exact) mass is 245 g/mol.